The summed E-state index contributed by atoms with van der Waals surface area (Å²) in [7, 11) is -3.72. The number of carbonyl (C=O) groups is 1. The van der Waals surface area contributed by atoms with Crippen LogP contribution < -0.4 is 0 Å². The number of rotatable bonds is 5. The molecule has 9 heteroatoms. The molecule has 0 aliphatic rings. The van der Waals surface area contributed by atoms with Crippen molar-refractivity contribution in [1.29, 1.82) is 0 Å². The van der Waals surface area contributed by atoms with Gasteiger partial charge in [-0.15, -0.1) is 0 Å². The molecule has 1 radical (unpaired) electrons. The number of sulfonamides is 1. The molecule has 4 N–H and O–H groups in total. The molecule has 119 valence electrons. The molecule has 1 rings (SSSR count). The summed E-state index contributed by atoms with van der Waals surface area (Å²) >= 11 is 0. The quantitative estimate of drug-likeness (QED) is 0.735. The molecule has 0 aromatic heterocycles. The number of hydrogen-bond acceptors (Lipinski definition) is 4. The Labute approximate surface area is 128 Å². The van der Waals surface area contributed by atoms with E-state index in [2.05, 4.69) is 0 Å². The first-order valence-corrected chi connectivity index (χ1v) is 6.85. The summed E-state index contributed by atoms with van der Waals surface area (Å²) in [5.41, 5.74) is -0.428. The summed E-state index contributed by atoms with van der Waals surface area (Å²) in [4.78, 5) is 10.7. The fraction of sp³-hybridized carbons (Fsp3) is 0.364. The van der Waals surface area contributed by atoms with Crippen LogP contribution in [0, 0.1) is 0 Å². The Balaban J connectivity index is 0. The number of aromatic hydroxyl groups is 1. The first-order valence-electron chi connectivity index (χ1n) is 5.41. The number of carboxylic acid groups (broad SMARTS) is 1. The average Bonchev–Trinajstić information content (AvgIpc) is 2.30. The van der Waals surface area contributed by atoms with Crippen molar-refractivity contribution in [1.82, 2.24) is 4.31 Å². The third-order valence-corrected chi connectivity index (χ3v) is 4.59. The van der Waals surface area contributed by atoms with Crippen molar-refractivity contribution >= 4 is 16.0 Å². The van der Waals surface area contributed by atoms with Crippen LogP contribution in [0.2, 0.25) is 0 Å². The standard InChI is InChI=1S/C11H15NO5S.Cu.H2O/c1-3-12(4-2)18(16,17)8-5-6-10(13)9(7-8)11(14)15;;/h5-7,13H,3-4H2,1-2H3,(H,14,15);;1H2. The van der Waals surface area contributed by atoms with Crippen molar-refractivity contribution in [3.63, 3.8) is 0 Å². The van der Waals surface area contributed by atoms with Gasteiger partial charge in [-0.3, -0.25) is 0 Å². The maximum absolute atomic E-state index is 12.1. The Bertz CT molecular complexity index is 556. The maximum Gasteiger partial charge on any atom is 0.339 e. The van der Waals surface area contributed by atoms with Crippen LogP contribution in [0.1, 0.15) is 24.2 Å². The van der Waals surface area contributed by atoms with Crippen LogP contribution in [0.4, 0.5) is 0 Å². The molecule has 0 amide bonds. The van der Waals surface area contributed by atoms with Crippen LogP contribution in [0.3, 0.4) is 0 Å². The van der Waals surface area contributed by atoms with E-state index in [-0.39, 0.29) is 27.4 Å². The number of hydrogen-bond donors (Lipinski definition) is 2. The fourth-order valence-electron chi connectivity index (χ4n) is 1.56. The van der Waals surface area contributed by atoms with E-state index in [1.54, 1.807) is 13.8 Å². The summed E-state index contributed by atoms with van der Waals surface area (Å²) in [5.74, 6) is -1.83. The third-order valence-electron chi connectivity index (χ3n) is 2.54. The van der Waals surface area contributed by atoms with E-state index in [9.17, 15) is 18.3 Å². The van der Waals surface area contributed by atoms with Gasteiger partial charge in [0, 0.05) is 30.2 Å². The van der Waals surface area contributed by atoms with Gasteiger partial charge in [0.15, 0.2) is 0 Å². The minimum atomic E-state index is -3.72. The third kappa shape index (κ3) is 4.19. The van der Waals surface area contributed by atoms with Crippen molar-refractivity contribution in [2.24, 2.45) is 0 Å². The molecular formula is C11H17CuNO6S. The second-order valence-electron chi connectivity index (χ2n) is 3.57. The van der Waals surface area contributed by atoms with Gasteiger partial charge in [-0.05, 0) is 18.2 Å². The molecule has 0 saturated carbocycles. The Kier molecular flexibility index (Phi) is 8.72. The molecule has 0 aliphatic heterocycles. The average molecular weight is 355 g/mol. The molecule has 0 spiro atoms. The van der Waals surface area contributed by atoms with E-state index in [0.29, 0.717) is 13.1 Å². The van der Waals surface area contributed by atoms with Crippen molar-refractivity contribution in [2.75, 3.05) is 13.1 Å². The van der Waals surface area contributed by atoms with Gasteiger partial charge in [-0.2, -0.15) is 4.31 Å². The van der Waals surface area contributed by atoms with Crippen molar-refractivity contribution in [3.8, 4) is 5.75 Å². The summed E-state index contributed by atoms with van der Waals surface area (Å²) in [6, 6.07) is 3.22. The maximum atomic E-state index is 12.1. The van der Waals surface area contributed by atoms with Gasteiger partial charge in [0.1, 0.15) is 11.3 Å². The van der Waals surface area contributed by atoms with Gasteiger partial charge >= 0.3 is 5.97 Å². The van der Waals surface area contributed by atoms with Crippen LogP contribution in [0.25, 0.3) is 0 Å². The van der Waals surface area contributed by atoms with Gasteiger partial charge in [-0.25, -0.2) is 13.2 Å². The molecule has 0 aliphatic carbocycles. The van der Waals surface area contributed by atoms with Crippen molar-refractivity contribution in [2.45, 2.75) is 18.7 Å². The number of aromatic carboxylic acids is 1. The molecule has 0 fully saturated rings. The van der Waals surface area contributed by atoms with Crippen LogP contribution in [0.5, 0.6) is 5.75 Å². The zero-order valence-electron chi connectivity index (χ0n) is 10.9. The molecule has 0 saturated heterocycles. The van der Waals surface area contributed by atoms with Crippen molar-refractivity contribution < 1.29 is 46.0 Å². The summed E-state index contributed by atoms with van der Waals surface area (Å²) in [6.45, 7) is 3.98. The monoisotopic (exact) mass is 354 g/mol. The van der Waals surface area contributed by atoms with E-state index in [4.69, 9.17) is 5.11 Å². The van der Waals surface area contributed by atoms with Gasteiger partial charge in [0.05, 0.1) is 4.90 Å². The van der Waals surface area contributed by atoms with E-state index < -0.39 is 27.3 Å². The van der Waals surface area contributed by atoms with E-state index in [1.165, 1.54) is 10.4 Å². The zero-order valence-corrected chi connectivity index (χ0v) is 12.7. The van der Waals surface area contributed by atoms with Crippen LogP contribution in [-0.4, -0.2) is 47.5 Å². The first kappa shape index (κ1) is 21.2. The number of phenols is 1. The second kappa shape index (κ2) is 8.23. The van der Waals surface area contributed by atoms with Crippen LogP contribution in [0.15, 0.2) is 23.1 Å². The van der Waals surface area contributed by atoms with E-state index >= 15 is 0 Å². The van der Waals surface area contributed by atoms with Crippen molar-refractivity contribution in [3.05, 3.63) is 23.8 Å². The zero-order chi connectivity index (χ0) is 13.9. The smallest absolute Gasteiger partial charge is 0.339 e. The van der Waals surface area contributed by atoms with Gasteiger partial charge in [0.2, 0.25) is 10.0 Å². The molecule has 1 aromatic rings. The van der Waals surface area contributed by atoms with Gasteiger partial charge in [-0.1, -0.05) is 13.8 Å². The molecule has 7 nitrogen and oxygen atoms in total. The summed E-state index contributed by atoms with van der Waals surface area (Å²) in [5, 5.41) is 18.2. The van der Waals surface area contributed by atoms with Crippen LogP contribution >= 0.6 is 0 Å². The largest absolute Gasteiger partial charge is 0.507 e. The molecule has 0 heterocycles. The second-order valence-corrected chi connectivity index (χ2v) is 5.51. The predicted molar refractivity (Wildman–Crippen MR) is 68.8 cm³/mol. The number of benzene rings is 1. The van der Waals surface area contributed by atoms with Gasteiger partial charge < -0.3 is 15.7 Å². The topological polar surface area (TPSA) is 126 Å². The number of carboxylic acids is 1. The van der Waals surface area contributed by atoms with E-state index in [1.807, 2.05) is 0 Å². The van der Waals surface area contributed by atoms with E-state index in [0.717, 1.165) is 12.1 Å². The Morgan fingerprint density at radius 3 is 2.15 bits per heavy atom. The summed E-state index contributed by atoms with van der Waals surface area (Å²) in [6.07, 6.45) is 0. The normalized spacial score (nSPS) is 10.6. The summed E-state index contributed by atoms with van der Waals surface area (Å²) < 4.78 is 25.5. The molecule has 1 aromatic carbocycles. The molecule has 0 atom stereocenters. The van der Waals surface area contributed by atoms with Crippen LogP contribution in [-0.2, 0) is 27.1 Å². The Hall–Kier alpha value is -1.12. The minimum Gasteiger partial charge on any atom is -0.507 e. The first-order chi connectivity index (χ1) is 8.34. The SMILES string of the molecule is CCN(CC)S(=O)(=O)c1ccc(O)c(C(=O)O)c1.O.[Cu]. The van der Waals surface area contributed by atoms with Gasteiger partial charge in [0.25, 0.3) is 0 Å². The molecular weight excluding hydrogens is 338 g/mol. The predicted octanol–water partition coefficient (Wildman–Crippen LogP) is 0.294. The Morgan fingerprint density at radius 1 is 1.25 bits per heavy atom. The molecule has 20 heavy (non-hydrogen) atoms. The molecule has 0 bridgehead atoms. The Morgan fingerprint density at radius 2 is 1.75 bits per heavy atom. The fourth-order valence-corrected chi connectivity index (χ4v) is 3.04. The molecule has 0 unspecified atom stereocenters. The number of nitrogens with zero attached hydrogens (tertiary/aromatic N) is 1. The minimum absolute atomic E-state index is 0.